The van der Waals surface area contributed by atoms with Crippen LogP contribution in [0.3, 0.4) is 0 Å². The van der Waals surface area contributed by atoms with E-state index in [1.807, 2.05) is 13.8 Å². The van der Waals surface area contributed by atoms with Crippen molar-refractivity contribution in [2.45, 2.75) is 58.0 Å². The molecule has 6 aliphatic rings. The summed E-state index contributed by atoms with van der Waals surface area (Å²) >= 11 is 0. The molecular weight excluding hydrogens is 504 g/mol. The van der Waals surface area contributed by atoms with Gasteiger partial charge in [-0.25, -0.2) is 4.79 Å². The molecule has 2 heterocycles. The van der Waals surface area contributed by atoms with Gasteiger partial charge in [-0.1, -0.05) is 24.6 Å². The van der Waals surface area contributed by atoms with Crippen LogP contribution in [-0.4, -0.2) is 71.3 Å². The number of aliphatic hydroxyl groups is 2. The zero-order valence-electron chi connectivity index (χ0n) is 22.1. The third-order valence-corrected chi connectivity index (χ3v) is 9.56. The minimum Gasteiger partial charge on any atom is -0.461 e. The summed E-state index contributed by atoms with van der Waals surface area (Å²) < 4.78 is 18.5. The van der Waals surface area contributed by atoms with Gasteiger partial charge in [0.15, 0.2) is 11.6 Å². The van der Waals surface area contributed by atoms with Crippen LogP contribution < -0.4 is 0 Å². The molecule has 4 aliphatic carbocycles. The number of carbonyl (C=O) groups is 4. The molecule has 0 spiro atoms. The highest BCUT2D eigenvalue weighted by Gasteiger charge is 2.58. The lowest BCUT2D eigenvalue weighted by molar-refractivity contribution is -0.145. The van der Waals surface area contributed by atoms with E-state index >= 15 is 0 Å². The highest BCUT2D eigenvalue weighted by molar-refractivity contribution is 6.10. The number of ether oxygens (including phenoxy) is 3. The first kappa shape index (κ1) is 26.1. The van der Waals surface area contributed by atoms with E-state index in [9.17, 15) is 29.4 Å². The number of ketones is 2. The second-order valence-electron chi connectivity index (χ2n) is 11.6. The molecule has 6 rings (SSSR count). The number of esters is 2. The number of aliphatic hydroxyl groups excluding tert-OH is 2. The topological polar surface area (TPSA) is 136 Å². The van der Waals surface area contributed by atoms with Gasteiger partial charge in [-0.05, 0) is 50.0 Å². The summed E-state index contributed by atoms with van der Waals surface area (Å²) in [6, 6.07) is 0. The SMILES string of the molecule is C=C1C(=O)OC2C3C(CO)=CC(=O)C3=C(C)CC(OC3CC(C)=C4C(=O)C=C(CO)C4C4OC(=O)C(C)C34)C12. The molecule has 9 nitrogen and oxygen atoms in total. The summed E-state index contributed by atoms with van der Waals surface area (Å²) in [4.78, 5) is 51.5. The molecule has 0 aromatic rings. The van der Waals surface area contributed by atoms with Crippen molar-refractivity contribution in [1.82, 2.24) is 0 Å². The molecule has 206 valence electrons. The zero-order valence-corrected chi connectivity index (χ0v) is 22.1. The molecule has 9 heteroatoms. The highest BCUT2D eigenvalue weighted by atomic mass is 16.6. The summed E-state index contributed by atoms with van der Waals surface area (Å²) in [5.41, 5.74) is 3.94. The standard InChI is InChI=1S/C30H32O9/c1-11-5-19(23-13(3)29(35)38-27(23)25-15(9-31)7-17(33)21(11)25)37-20-6-12(2)22-18(34)8-16(10-32)26(22)28-24(20)14(4)30(36)39-28/h7-8,14,19-20,23-28,31-32H,3,5-6,9-10H2,1-2,4H3. The van der Waals surface area contributed by atoms with Gasteiger partial charge in [-0.15, -0.1) is 0 Å². The second-order valence-corrected chi connectivity index (χ2v) is 11.6. The Morgan fingerprint density at radius 2 is 1.41 bits per heavy atom. The molecule has 2 saturated heterocycles. The lowest BCUT2D eigenvalue weighted by atomic mass is 9.79. The van der Waals surface area contributed by atoms with Crippen LogP contribution >= 0.6 is 0 Å². The smallest absolute Gasteiger partial charge is 0.334 e. The molecule has 0 amide bonds. The third-order valence-electron chi connectivity index (χ3n) is 9.56. The maximum Gasteiger partial charge on any atom is 0.334 e. The Morgan fingerprint density at radius 1 is 0.872 bits per heavy atom. The molecular formula is C30H32O9. The lowest BCUT2D eigenvalue weighted by Gasteiger charge is -2.35. The Labute approximate surface area is 225 Å². The van der Waals surface area contributed by atoms with Crippen molar-refractivity contribution in [1.29, 1.82) is 0 Å². The van der Waals surface area contributed by atoms with Crippen LogP contribution in [0, 0.1) is 29.6 Å². The molecule has 2 aliphatic heterocycles. The van der Waals surface area contributed by atoms with Crippen molar-refractivity contribution in [3.05, 3.63) is 57.7 Å². The molecule has 0 radical (unpaired) electrons. The van der Waals surface area contributed by atoms with Crippen molar-refractivity contribution in [3.63, 3.8) is 0 Å². The molecule has 0 aromatic carbocycles. The van der Waals surface area contributed by atoms with Crippen molar-refractivity contribution in [2.24, 2.45) is 29.6 Å². The Bertz CT molecular complexity index is 1340. The molecule has 9 atom stereocenters. The van der Waals surface area contributed by atoms with Gasteiger partial charge in [0, 0.05) is 34.5 Å². The van der Waals surface area contributed by atoms with E-state index in [4.69, 9.17) is 14.2 Å². The Hall–Kier alpha value is -3.14. The number of hydrogen-bond donors (Lipinski definition) is 2. The predicted octanol–water partition coefficient (Wildman–Crippen LogP) is 1.69. The van der Waals surface area contributed by atoms with Gasteiger partial charge in [0.05, 0.1) is 37.3 Å². The molecule has 9 unspecified atom stereocenters. The van der Waals surface area contributed by atoms with Gasteiger partial charge >= 0.3 is 11.9 Å². The fourth-order valence-corrected chi connectivity index (χ4v) is 7.83. The van der Waals surface area contributed by atoms with Gasteiger partial charge < -0.3 is 24.4 Å². The van der Waals surface area contributed by atoms with Crippen LogP contribution in [-0.2, 0) is 33.4 Å². The normalized spacial score (nSPS) is 39.5. The van der Waals surface area contributed by atoms with Gasteiger partial charge in [-0.2, -0.15) is 0 Å². The van der Waals surface area contributed by atoms with Crippen molar-refractivity contribution < 1.29 is 43.6 Å². The molecule has 0 aromatic heterocycles. The Morgan fingerprint density at radius 3 is 1.97 bits per heavy atom. The quantitative estimate of drug-likeness (QED) is 0.406. The van der Waals surface area contributed by atoms with Crippen LogP contribution in [0.5, 0.6) is 0 Å². The van der Waals surface area contributed by atoms with Gasteiger partial charge in [0.25, 0.3) is 0 Å². The van der Waals surface area contributed by atoms with E-state index in [1.165, 1.54) is 12.2 Å². The van der Waals surface area contributed by atoms with Crippen LogP contribution in [0.1, 0.15) is 33.6 Å². The fourth-order valence-electron chi connectivity index (χ4n) is 7.83. The van der Waals surface area contributed by atoms with Crippen molar-refractivity contribution in [2.75, 3.05) is 13.2 Å². The number of carbonyl (C=O) groups excluding carboxylic acids is 4. The van der Waals surface area contributed by atoms with Crippen LogP contribution in [0.25, 0.3) is 0 Å². The first-order chi connectivity index (χ1) is 18.6. The molecule has 0 saturated carbocycles. The summed E-state index contributed by atoms with van der Waals surface area (Å²) in [6.45, 7) is 8.86. The summed E-state index contributed by atoms with van der Waals surface area (Å²) in [6.07, 6.45) is 0.981. The highest BCUT2D eigenvalue weighted by Crippen LogP contribution is 2.52. The summed E-state index contributed by atoms with van der Waals surface area (Å²) in [5, 5.41) is 20.0. The van der Waals surface area contributed by atoms with Gasteiger partial charge in [0.1, 0.15) is 12.2 Å². The van der Waals surface area contributed by atoms with Crippen molar-refractivity contribution in [3.8, 4) is 0 Å². The average Bonchev–Trinajstić information content (AvgIpc) is 3.54. The third kappa shape index (κ3) is 3.70. The maximum atomic E-state index is 13.0. The minimum atomic E-state index is -0.753. The largest absolute Gasteiger partial charge is 0.461 e. The van der Waals surface area contributed by atoms with E-state index in [0.29, 0.717) is 35.1 Å². The van der Waals surface area contributed by atoms with Crippen LogP contribution in [0.15, 0.2) is 57.7 Å². The molecule has 39 heavy (non-hydrogen) atoms. The number of rotatable bonds is 4. The first-order valence-corrected chi connectivity index (χ1v) is 13.4. The zero-order chi connectivity index (χ0) is 27.9. The van der Waals surface area contributed by atoms with Gasteiger partial charge in [0.2, 0.25) is 0 Å². The Balaban J connectivity index is 1.41. The number of allylic oxidation sites excluding steroid dienone is 2. The maximum absolute atomic E-state index is 13.0. The monoisotopic (exact) mass is 536 g/mol. The lowest BCUT2D eigenvalue weighted by Crippen LogP contribution is -2.42. The van der Waals surface area contributed by atoms with E-state index in [2.05, 4.69) is 6.58 Å². The molecule has 2 fully saturated rings. The first-order valence-electron chi connectivity index (χ1n) is 13.4. The van der Waals surface area contributed by atoms with Crippen molar-refractivity contribution >= 4 is 23.5 Å². The number of hydrogen-bond acceptors (Lipinski definition) is 9. The minimum absolute atomic E-state index is 0.190. The average molecular weight is 537 g/mol. The van der Waals surface area contributed by atoms with E-state index in [0.717, 1.165) is 11.1 Å². The summed E-state index contributed by atoms with van der Waals surface area (Å²) in [5.74, 6) is -3.94. The summed E-state index contributed by atoms with van der Waals surface area (Å²) in [7, 11) is 0. The van der Waals surface area contributed by atoms with Crippen LogP contribution in [0.2, 0.25) is 0 Å². The van der Waals surface area contributed by atoms with E-state index in [-0.39, 0.29) is 36.3 Å². The molecule has 0 bridgehead atoms. The molecule has 2 N–H and O–H groups in total. The van der Waals surface area contributed by atoms with E-state index in [1.54, 1.807) is 6.92 Å². The van der Waals surface area contributed by atoms with E-state index < -0.39 is 60.0 Å². The fraction of sp³-hybridized carbons (Fsp3) is 0.533. The van der Waals surface area contributed by atoms with Crippen LogP contribution in [0.4, 0.5) is 0 Å². The second kappa shape index (κ2) is 9.21. The van der Waals surface area contributed by atoms with Gasteiger partial charge in [-0.3, -0.25) is 14.4 Å². The number of fused-ring (bicyclic) bond motifs is 6. The Kier molecular flexibility index (Phi) is 6.17. The predicted molar refractivity (Wildman–Crippen MR) is 136 cm³/mol.